The topological polar surface area (TPSA) is 148 Å². The average molecular weight is 482 g/mol. The van der Waals surface area contributed by atoms with Crippen LogP contribution in [0.25, 0.3) is 0 Å². The lowest BCUT2D eigenvalue weighted by atomic mass is 9.93. The average Bonchev–Trinajstić information content (AvgIpc) is 3.21. The summed E-state index contributed by atoms with van der Waals surface area (Å²) in [7, 11) is 0. The molecule has 11 nitrogen and oxygen atoms in total. The van der Waals surface area contributed by atoms with Crippen LogP contribution in [0.4, 0.5) is 9.80 Å². The number of anilines is 1. The number of nitrogens with one attached hydrogen (secondary N) is 2. The van der Waals surface area contributed by atoms with E-state index in [9.17, 15) is 28.8 Å². The molecule has 0 bridgehead atoms. The van der Waals surface area contributed by atoms with Gasteiger partial charge in [-0.15, -0.1) is 11.3 Å². The third kappa shape index (κ3) is 5.38. The summed E-state index contributed by atoms with van der Waals surface area (Å²) in [5.41, 5.74) is -0.613. The number of carbonyl (C=O) groups excluding carboxylic acids is 6. The molecule has 1 aliphatic rings. The summed E-state index contributed by atoms with van der Waals surface area (Å²) >= 11 is 0.914. The molecule has 2 N–H and O–H groups in total. The fourth-order valence-electron chi connectivity index (χ4n) is 3.42. The number of ether oxygens (including phenoxy) is 2. The molecule has 2 rings (SSSR count). The quantitative estimate of drug-likeness (QED) is 0.293. The zero-order chi connectivity index (χ0) is 24.9. The highest BCUT2D eigenvalue weighted by atomic mass is 32.1. The van der Waals surface area contributed by atoms with Gasteiger partial charge in [-0.2, -0.15) is 0 Å². The first-order valence-corrected chi connectivity index (χ1v) is 11.2. The van der Waals surface area contributed by atoms with Gasteiger partial charge in [0.2, 0.25) is 0 Å². The SMILES string of the molecule is CCOC(=O)c1c(NC(=O)COC(=O)CN2C(=O)NC(CC)(CC)C2=O)sc(C(C)=O)c1C. The van der Waals surface area contributed by atoms with Crippen LogP contribution in [0.1, 0.15) is 66.1 Å². The highest BCUT2D eigenvalue weighted by molar-refractivity contribution is 7.18. The van der Waals surface area contributed by atoms with Gasteiger partial charge in [0.05, 0.1) is 17.0 Å². The molecule has 0 unspecified atom stereocenters. The summed E-state index contributed by atoms with van der Waals surface area (Å²) in [5, 5.41) is 5.15. The van der Waals surface area contributed by atoms with Crippen LogP contribution in [0.3, 0.4) is 0 Å². The predicted octanol–water partition coefficient (Wildman–Crippen LogP) is 2.03. The third-order valence-electron chi connectivity index (χ3n) is 5.30. The highest BCUT2D eigenvalue weighted by Gasteiger charge is 2.49. The maximum Gasteiger partial charge on any atom is 0.341 e. The number of nitrogens with zero attached hydrogens (tertiary/aromatic N) is 1. The van der Waals surface area contributed by atoms with E-state index in [0.29, 0.717) is 23.3 Å². The normalized spacial score (nSPS) is 14.6. The highest BCUT2D eigenvalue weighted by Crippen LogP contribution is 2.34. The molecule has 1 saturated heterocycles. The van der Waals surface area contributed by atoms with Gasteiger partial charge in [0, 0.05) is 0 Å². The smallest absolute Gasteiger partial charge is 0.341 e. The first kappa shape index (κ1) is 26.0. The maximum absolute atomic E-state index is 12.5. The summed E-state index contributed by atoms with van der Waals surface area (Å²) < 4.78 is 9.90. The van der Waals surface area contributed by atoms with Gasteiger partial charge in [0.1, 0.15) is 17.1 Å². The van der Waals surface area contributed by atoms with Gasteiger partial charge in [-0.1, -0.05) is 13.8 Å². The van der Waals surface area contributed by atoms with E-state index in [0.717, 1.165) is 16.2 Å². The second-order valence-electron chi connectivity index (χ2n) is 7.36. The second kappa shape index (κ2) is 10.6. The molecule has 33 heavy (non-hydrogen) atoms. The lowest BCUT2D eigenvalue weighted by Gasteiger charge is -2.22. The van der Waals surface area contributed by atoms with E-state index in [4.69, 9.17) is 9.47 Å². The monoisotopic (exact) mass is 481 g/mol. The van der Waals surface area contributed by atoms with Gasteiger partial charge < -0.3 is 20.1 Å². The minimum atomic E-state index is -1.05. The summed E-state index contributed by atoms with van der Waals surface area (Å²) in [6.07, 6.45) is 0.737. The number of carbonyl (C=O) groups is 6. The van der Waals surface area contributed by atoms with Gasteiger partial charge in [0.25, 0.3) is 11.8 Å². The fraction of sp³-hybridized carbons (Fsp3) is 0.524. The number of rotatable bonds is 10. The predicted molar refractivity (Wildman–Crippen MR) is 118 cm³/mol. The van der Waals surface area contributed by atoms with E-state index in [1.165, 1.54) is 6.92 Å². The molecular formula is C21H27N3O8S. The number of esters is 2. The summed E-state index contributed by atoms with van der Waals surface area (Å²) in [6.45, 7) is 6.78. The molecule has 0 atom stereocenters. The molecule has 12 heteroatoms. The molecule has 1 aromatic heterocycles. The van der Waals surface area contributed by atoms with Crippen LogP contribution < -0.4 is 10.6 Å². The Morgan fingerprint density at radius 2 is 1.73 bits per heavy atom. The van der Waals surface area contributed by atoms with Crippen molar-refractivity contribution in [1.82, 2.24) is 10.2 Å². The Balaban J connectivity index is 2.03. The zero-order valence-corrected chi connectivity index (χ0v) is 20.0. The van der Waals surface area contributed by atoms with Crippen LogP contribution in [-0.2, 0) is 23.9 Å². The number of imide groups is 1. The molecule has 1 fully saturated rings. The first-order chi connectivity index (χ1) is 15.5. The van der Waals surface area contributed by atoms with Crippen LogP contribution in [0.15, 0.2) is 0 Å². The summed E-state index contributed by atoms with van der Waals surface area (Å²) in [4.78, 5) is 74.3. The van der Waals surface area contributed by atoms with Gasteiger partial charge in [-0.05, 0) is 39.2 Å². The van der Waals surface area contributed by atoms with Crippen molar-refractivity contribution < 1.29 is 38.2 Å². The number of hydrogen-bond acceptors (Lipinski definition) is 9. The van der Waals surface area contributed by atoms with E-state index in [1.54, 1.807) is 27.7 Å². The third-order valence-corrected chi connectivity index (χ3v) is 6.61. The molecule has 1 aromatic rings. The molecule has 0 spiro atoms. The van der Waals surface area contributed by atoms with Crippen LogP contribution in [0.2, 0.25) is 0 Å². The van der Waals surface area contributed by atoms with Gasteiger partial charge in [0.15, 0.2) is 12.4 Å². The fourth-order valence-corrected chi connectivity index (χ4v) is 4.53. The second-order valence-corrected chi connectivity index (χ2v) is 8.38. The van der Waals surface area contributed by atoms with Gasteiger partial charge in [-0.3, -0.25) is 24.1 Å². The number of amides is 4. The Labute approximate surface area is 194 Å². The van der Waals surface area contributed by atoms with Crippen molar-refractivity contribution in [3.8, 4) is 0 Å². The van der Waals surface area contributed by atoms with Gasteiger partial charge in [-0.25, -0.2) is 9.59 Å². The number of thiophene rings is 1. The Hall–Kier alpha value is -3.28. The Kier molecular flexibility index (Phi) is 8.31. The van der Waals surface area contributed by atoms with Crippen molar-refractivity contribution >= 4 is 51.9 Å². The molecule has 2 heterocycles. The molecule has 0 aliphatic carbocycles. The standard InChI is InChI=1S/C21H27N3O8S/c1-6-21(7-2)19(29)24(20(30)23-21)9-14(27)32-10-13(26)22-17-15(18(28)31-8-3)11(4)16(33-17)12(5)25/h6-10H2,1-5H3,(H,22,26)(H,23,30). The molecule has 0 saturated carbocycles. The zero-order valence-electron chi connectivity index (χ0n) is 19.2. The van der Waals surface area contributed by atoms with E-state index < -0.39 is 48.5 Å². The van der Waals surface area contributed by atoms with Crippen LogP contribution in [-0.4, -0.2) is 65.8 Å². The van der Waals surface area contributed by atoms with Crippen molar-refractivity contribution in [3.63, 3.8) is 0 Å². The maximum atomic E-state index is 12.5. The lowest BCUT2D eigenvalue weighted by molar-refractivity contribution is -0.150. The lowest BCUT2D eigenvalue weighted by Crippen LogP contribution is -2.46. The number of Topliss-reactive ketones (excluding diaryl/α,β-unsaturated/α-hetero) is 1. The Morgan fingerprint density at radius 1 is 1.09 bits per heavy atom. The minimum Gasteiger partial charge on any atom is -0.462 e. The molecule has 0 radical (unpaired) electrons. The number of hydrogen-bond donors (Lipinski definition) is 2. The molecular weight excluding hydrogens is 454 g/mol. The minimum absolute atomic E-state index is 0.0570. The first-order valence-electron chi connectivity index (χ1n) is 10.4. The largest absolute Gasteiger partial charge is 0.462 e. The summed E-state index contributed by atoms with van der Waals surface area (Å²) in [6, 6.07) is -0.699. The van der Waals surface area contributed by atoms with E-state index in [1.807, 2.05) is 0 Å². The van der Waals surface area contributed by atoms with Crippen molar-refractivity contribution in [2.45, 2.75) is 53.0 Å². The van der Waals surface area contributed by atoms with E-state index in [2.05, 4.69) is 10.6 Å². The van der Waals surface area contributed by atoms with Crippen molar-refractivity contribution in [3.05, 3.63) is 16.0 Å². The van der Waals surface area contributed by atoms with Crippen LogP contribution >= 0.6 is 11.3 Å². The van der Waals surface area contributed by atoms with E-state index >= 15 is 0 Å². The Morgan fingerprint density at radius 3 is 2.24 bits per heavy atom. The van der Waals surface area contributed by atoms with Crippen molar-refractivity contribution in [1.29, 1.82) is 0 Å². The van der Waals surface area contributed by atoms with E-state index in [-0.39, 0.29) is 23.0 Å². The van der Waals surface area contributed by atoms with Crippen LogP contribution in [0.5, 0.6) is 0 Å². The molecule has 4 amide bonds. The van der Waals surface area contributed by atoms with Crippen LogP contribution in [0, 0.1) is 6.92 Å². The number of urea groups is 1. The Bertz CT molecular complexity index is 996. The molecule has 180 valence electrons. The number of ketones is 1. The summed E-state index contributed by atoms with van der Waals surface area (Å²) in [5.74, 6) is -3.21. The molecule has 0 aromatic carbocycles. The van der Waals surface area contributed by atoms with Crippen molar-refractivity contribution in [2.24, 2.45) is 0 Å². The molecule has 1 aliphatic heterocycles. The van der Waals surface area contributed by atoms with Gasteiger partial charge >= 0.3 is 18.0 Å². The van der Waals surface area contributed by atoms with Crippen molar-refractivity contribution in [2.75, 3.05) is 25.1 Å².